The largest absolute Gasteiger partial charge is 0.369 e. The van der Waals surface area contributed by atoms with Gasteiger partial charge in [0.15, 0.2) is 0 Å². The Labute approximate surface area is 128 Å². The summed E-state index contributed by atoms with van der Waals surface area (Å²) >= 11 is 1.56. The Morgan fingerprint density at radius 3 is 2.86 bits per heavy atom. The summed E-state index contributed by atoms with van der Waals surface area (Å²) in [6.07, 6.45) is 2.13. The molecule has 0 atom stereocenters. The van der Waals surface area contributed by atoms with Crippen LogP contribution in [0.5, 0.6) is 0 Å². The van der Waals surface area contributed by atoms with Gasteiger partial charge in [-0.1, -0.05) is 0 Å². The highest BCUT2D eigenvalue weighted by Crippen LogP contribution is 2.17. The predicted molar refractivity (Wildman–Crippen MR) is 84.1 cm³/mol. The Morgan fingerprint density at radius 2 is 2.19 bits per heavy atom. The molecule has 0 saturated carbocycles. The Kier molecular flexibility index (Phi) is 5.27. The maximum Gasteiger partial charge on any atom is 0.244 e. The second kappa shape index (κ2) is 6.97. The van der Waals surface area contributed by atoms with E-state index in [1.807, 2.05) is 19.2 Å². The highest BCUT2D eigenvalue weighted by molar-refractivity contribution is 7.89. The number of nitrogens with zero attached hydrogens (tertiary/aromatic N) is 2. The summed E-state index contributed by atoms with van der Waals surface area (Å²) in [6.45, 7) is 4.74. The van der Waals surface area contributed by atoms with E-state index in [-0.39, 0.29) is 4.90 Å². The zero-order chi connectivity index (χ0) is 15.3. The molecule has 2 heterocycles. The van der Waals surface area contributed by atoms with Crippen molar-refractivity contribution in [3.8, 4) is 0 Å². The predicted octanol–water partition coefficient (Wildman–Crippen LogP) is 1.80. The van der Waals surface area contributed by atoms with Crippen LogP contribution in [0.25, 0.3) is 0 Å². The molecule has 0 unspecified atom stereocenters. The third-order valence-corrected chi connectivity index (χ3v) is 5.06. The molecule has 21 heavy (non-hydrogen) atoms. The summed E-state index contributed by atoms with van der Waals surface area (Å²) in [6, 6.07) is 3.15. The molecule has 2 aromatic rings. The molecule has 0 radical (unpaired) electrons. The molecule has 6 nitrogen and oxygen atoms in total. The zero-order valence-electron chi connectivity index (χ0n) is 12.0. The summed E-state index contributed by atoms with van der Waals surface area (Å²) in [7, 11) is -3.58. The second-order valence-electron chi connectivity index (χ2n) is 4.39. The summed E-state index contributed by atoms with van der Waals surface area (Å²) < 4.78 is 27.2. The lowest BCUT2D eigenvalue weighted by molar-refractivity contribution is 0.581. The van der Waals surface area contributed by atoms with Gasteiger partial charge in [-0.3, -0.25) is 0 Å². The average molecular weight is 326 g/mol. The van der Waals surface area contributed by atoms with Gasteiger partial charge < -0.3 is 5.32 Å². The van der Waals surface area contributed by atoms with Gasteiger partial charge in [-0.15, -0.1) is 11.3 Å². The van der Waals surface area contributed by atoms with Gasteiger partial charge in [-0.05, 0) is 26.0 Å². The molecule has 0 aromatic carbocycles. The lowest BCUT2D eigenvalue weighted by Crippen LogP contribution is -2.27. The number of rotatable bonds is 7. The van der Waals surface area contributed by atoms with Crippen LogP contribution < -0.4 is 10.0 Å². The number of pyridine rings is 1. The summed E-state index contributed by atoms with van der Waals surface area (Å²) in [5.41, 5.74) is 0.901. The topological polar surface area (TPSA) is 84.0 Å². The van der Waals surface area contributed by atoms with E-state index < -0.39 is 10.0 Å². The number of hydrogen-bond donors (Lipinski definition) is 2. The molecular formula is C13H18N4O2S2. The Morgan fingerprint density at radius 1 is 1.38 bits per heavy atom. The van der Waals surface area contributed by atoms with E-state index in [4.69, 9.17) is 0 Å². The van der Waals surface area contributed by atoms with Gasteiger partial charge in [0.2, 0.25) is 10.0 Å². The minimum atomic E-state index is -3.58. The van der Waals surface area contributed by atoms with Crippen molar-refractivity contribution in [1.29, 1.82) is 0 Å². The van der Waals surface area contributed by atoms with Crippen molar-refractivity contribution in [1.82, 2.24) is 14.7 Å². The van der Waals surface area contributed by atoms with Crippen LogP contribution in [-0.2, 0) is 16.4 Å². The van der Waals surface area contributed by atoms with Gasteiger partial charge in [0.1, 0.15) is 10.7 Å². The van der Waals surface area contributed by atoms with Gasteiger partial charge in [0.05, 0.1) is 10.7 Å². The van der Waals surface area contributed by atoms with Crippen molar-refractivity contribution in [2.75, 3.05) is 18.4 Å². The van der Waals surface area contributed by atoms with Crippen LogP contribution in [0.1, 0.15) is 17.6 Å². The Bertz CT molecular complexity index is 698. The molecule has 2 rings (SSSR count). The fraction of sp³-hybridized carbons (Fsp3) is 0.385. The van der Waals surface area contributed by atoms with Gasteiger partial charge in [-0.25, -0.2) is 23.1 Å². The third-order valence-electron chi connectivity index (χ3n) is 2.74. The minimum Gasteiger partial charge on any atom is -0.369 e. The van der Waals surface area contributed by atoms with E-state index in [9.17, 15) is 8.42 Å². The molecule has 2 N–H and O–H groups in total. The first-order valence-corrected chi connectivity index (χ1v) is 8.99. The molecule has 0 fully saturated rings. The van der Waals surface area contributed by atoms with E-state index in [2.05, 4.69) is 20.0 Å². The normalized spacial score (nSPS) is 11.5. The van der Waals surface area contributed by atoms with Crippen molar-refractivity contribution in [3.63, 3.8) is 0 Å². The molecule has 2 aromatic heterocycles. The Balaban J connectivity index is 2.04. The molecular weight excluding hydrogens is 308 g/mol. The summed E-state index contributed by atoms with van der Waals surface area (Å²) in [5.74, 6) is 0.372. The fourth-order valence-electron chi connectivity index (χ4n) is 1.82. The smallest absolute Gasteiger partial charge is 0.244 e. The molecule has 0 aliphatic rings. The molecule has 114 valence electrons. The van der Waals surface area contributed by atoms with E-state index in [0.29, 0.717) is 25.3 Å². The number of nitrogens with one attached hydrogen (secondary N) is 2. The van der Waals surface area contributed by atoms with Crippen LogP contribution in [0, 0.1) is 6.92 Å². The van der Waals surface area contributed by atoms with Crippen molar-refractivity contribution in [2.24, 2.45) is 0 Å². The SMILES string of the molecule is CCNc1ncccc1S(=O)(=O)NCCc1csc(C)n1. The monoisotopic (exact) mass is 326 g/mol. The molecule has 0 bridgehead atoms. The highest BCUT2D eigenvalue weighted by Gasteiger charge is 2.18. The van der Waals surface area contributed by atoms with E-state index in [1.165, 1.54) is 0 Å². The molecule has 0 aliphatic carbocycles. The van der Waals surface area contributed by atoms with Crippen molar-refractivity contribution in [2.45, 2.75) is 25.2 Å². The molecule has 8 heteroatoms. The van der Waals surface area contributed by atoms with Crippen LogP contribution in [0.15, 0.2) is 28.6 Å². The van der Waals surface area contributed by atoms with Crippen LogP contribution in [0.2, 0.25) is 0 Å². The summed E-state index contributed by atoms with van der Waals surface area (Å²) in [4.78, 5) is 8.54. The first-order valence-electron chi connectivity index (χ1n) is 6.62. The maximum atomic E-state index is 12.3. The quantitative estimate of drug-likeness (QED) is 0.810. The van der Waals surface area contributed by atoms with Gasteiger partial charge in [0, 0.05) is 31.1 Å². The van der Waals surface area contributed by atoms with Crippen molar-refractivity contribution < 1.29 is 8.42 Å². The molecule has 0 spiro atoms. The first-order chi connectivity index (χ1) is 10.0. The number of hydrogen-bond acceptors (Lipinski definition) is 6. The van der Waals surface area contributed by atoms with E-state index in [0.717, 1.165) is 10.7 Å². The lowest BCUT2D eigenvalue weighted by Gasteiger charge is -2.10. The van der Waals surface area contributed by atoms with Gasteiger partial charge >= 0.3 is 0 Å². The summed E-state index contributed by atoms with van der Waals surface area (Å²) in [5, 5.41) is 5.88. The highest BCUT2D eigenvalue weighted by atomic mass is 32.2. The third kappa shape index (κ3) is 4.23. The van der Waals surface area contributed by atoms with Crippen LogP contribution >= 0.6 is 11.3 Å². The second-order valence-corrected chi connectivity index (χ2v) is 7.18. The average Bonchev–Trinajstić information content (AvgIpc) is 2.85. The number of anilines is 1. The molecule has 0 saturated heterocycles. The molecule has 0 aliphatic heterocycles. The molecule has 0 amide bonds. The fourth-order valence-corrected chi connectivity index (χ4v) is 3.63. The zero-order valence-corrected chi connectivity index (χ0v) is 13.6. The Hall–Kier alpha value is -1.51. The maximum absolute atomic E-state index is 12.3. The minimum absolute atomic E-state index is 0.168. The number of thiazole rings is 1. The lowest BCUT2D eigenvalue weighted by atomic mass is 10.3. The van der Waals surface area contributed by atoms with Gasteiger partial charge in [-0.2, -0.15) is 0 Å². The number of aromatic nitrogens is 2. The van der Waals surface area contributed by atoms with Crippen LogP contribution in [0.4, 0.5) is 5.82 Å². The van der Waals surface area contributed by atoms with E-state index >= 15 is 0 Å². The van der Waals surface area contributed by atoms with Gasteiger partial charge in [0.25, 0.3) is 0 Å². The standard InChI is InChI=1S/C13H18N4O2S2/c1-3-14-13-12(5-4-7-15-13)21(18,19)16-8-6-11-9-20-10(2)17-11/h4-5,7,9,16H,3,6,8H2,1-2H3,(H,14,15). The van der Waals surface area contributed by atoms with Crippen molar-refractivity contribution in [3.05, 3.63) is 34.4 Å². The van der Waals surface area contributed by atoms with Crippen molar-refractivity contribution >= 4 is 27.2 Å². The van der Waals surface area contributed by atoms with Crippen LogP contribution in [-0.4, -0.2) is 31.5 Å². The first kappa shape index (κ1) is 15.9. The number of sulfonamides is 1. The number of aryl methyl sites for hydroxylation is 1. The van der Waals surface area contributed by atoms with E-state index in [1.54, 1.807) is 29.7 Å². The van der Waals surface area contributed by atoms with Crippen LogP contribution in [0.3, 0.4) is 0 Å².